The molecule has 8 fully saturated rings. The first-order chi connectivity index (χ1) is 23.0. The maximum absolute atomic E-state index is 12.5. The number of ether oxygens (including phenoxy) is 4. The standard InChI is InChI=1S/C40H69N3O6/c1-9-46-34(36(5,6)45)26-18-24(2)31-32(48-26)33(44)40(41)28-11-10-27-35(3,4)29(12-13-38(27)23-39(28,38)15-14-37(31,40)7)49-30-22-43(16-17-47-30)21-25-19-42(8)20-25/h24-34,44-45H,9-23,41H2,1-8H3. The fourth-order valence-electron chi connectivity index (χ4n) is 14.7. The summed E-state index contributed by atoms with van der Waals surface area (Å²) in [5.74, 6) is 2.16. The van der Waals surface area contributed by atoms with E-state index in [1.54, 1.807) is 0 Å². The summed E-state index contributed by atoms with van der Waals surface area (Å²) in [6.45, 7) is 22.0. The van der Waals surface area contributed by atoms with Crippen LogP contribution in [0.1, 0.15) is 99.8 Å². The number of likely N-dealkylation sites (tertiary alicyclic amines) is 1. The van der Waals surface area contributed by atoms with E-state index in [1.807, 2.05) is 20.8 Å². The van der Waals surface area contributed by atoms with Crippen molar-refractivity contribution >= 4 is 0 Å². The van der Waals surface area contributed by atoms with Crippen molar-refractivity contribution in [3.63, 3.8) is 0 Å². The molecular formula is C40H69N3O6. The maximum atomic E-state index is 12.5. The smallest absolute Gasteiger partial charge is 0.170 e. The summed E-state index contributed by atoms with van der Waals surface area (Å²) in [4.78, 5) is 4.98. The van der Waals surface area contributed by atoms with Gasteiger partial charge in [-0.2, -0.15) is 0 Å². The molecule has 3 saturated heterocycles. The first kappa shape index (κ1) is 35.7. The molecule has 0 aromatic heterocycles. The molecule has 14 atom stereocenters. The van der Waals surface area contributed by atoms with Crippen LogP contribution in [0, 0.1) is 51.2 Å². The van der Waals surface area contributed by atoms with Crippen molar-refractivity contribution in [2.75, 3.05) is 53.0 Å². The van der Waals surface area contributed by atoms with Crippen LogP contribution in [-0.4, -0.2) is 121 Å². The molecule has 49 heavy (non-hydrogen) atoms. The van der Waals surface area contributed by atoms with Gasteiger partial charge in [0.05, 0.1) is 42.2 Å². The van der Waals surface area contributed by atoms with Crippen molar-refractivity contribution in [2.45, 2.75) is 148 Å². The van der Waals surface area contributed by atoms with Crippen molar-refractivity contribution in [3.8, 4) is 0 Å². The Labute approximate surface area is 296 Å². The van der Waals surface area contributed by atoms with Crippen molar-refractivity contribution < 1.29 is 29.2 Å². The molecule has 0 aromatic carbocycles. The van der Waals surface area contributed by atoms with E-state index in [2.05, 4.69) is 44.5 Å². The van der Waals surface area contributed by atoms with Gasteiger partial charge in [-0.1, -0.05) is 27.7 Å². The van der Waals surface area contributed by atoms with Gasteiger partial charge in [0.2, 0.25) is 0 Å². The summed E-state index contributed by atoms with van der Waals surface area (Å²) in [5, 5.41) is 23.6. The summed E-state index contributed by atoms with van der Waals surface area (Å²) in [5.41, 5.74) is 6.44. The maximum Gasteiger partial charge on any atom is 0.170 e. The first-order valence-corrected chi connectivity index (χ1v) is 20.2. The van der Waals surface area contributed by atoms with Crippen LogP contribution in [0.15, 0.2) is 0 Å². The Bertz CT molecular complexity index is 1250. The van der Waals surface area contributed by atoms with Gasteiger partial charge in [-0.3, -0.25) is 4.90 Å². The van der Waals surface area contributed by atoms with Crippen molar-refractivity contribution in [3.05, 3.63) is 0 Å². The highest BCUT2D eigenvalue weighted by molar-refractivity contribution is 5.35. The molecule has 8 aliphatic rings. The van der Waals surface area contributed by atoms with Crippen LogP contribution < -0.4 is 5.73 Å². The number of hydrogen-bond acceptors (Lipinski definition) is 9. The number of morpholine rings is 1. The Hall–Kier alpha value is -0.360. The van der Waals surface area contributed by atoms with Gasteiger partial charge in [-0.15, -0.1) is 0 Å². The van der Waals surface area contributed by atoms with E-state index >= 15 is 0 Å². The number of rotatable bonds is 8. The molecule has 0 aromatic rings. The molecule has 4 N–H and O–H groups in total. The Morgan fingerprint density at radius 1 is 1.02 bits per heavy atom. The molecule has 14 unspecified atom stereocenters. The largest absolute Gasteiger partial charge is 0.388 e. The molecule has 3 aliphatic heterocycles. The van der Waals surface area contributed by atoms with Gasteiger partial charge in [-0.05, 0) is 130 Å². The number of aliphatic hydroxyl groups excluding tert-OH is 1. The summed E-state index contributed by atoms with van der Waals surface area (Å²) in [7, 11) is 2.21. The van der Waals surface area contributed by atoms with E-state index in [9.17, 15) is 10.2 Å². The lowest BCUT2D eigenvalue weighted by molar-refractivity contribution is -0.247. The number of hydrogen-bond donors (Lipinski definition) is 3. The quantitative estimate of drug-likeness (QED) is 0.345. The molecule has 5 aliphatic carbocycles. The van der Waals surface area contributed by atoms with Crippen molar-refractivity contribution in [2.24, 2.45) is 57.0 Å². The molecular weight excluding hydrogens is 618 g/mol. The van der Waals surface area contributed by atoms with Crippen LogP contribution >= 0.6 is 0 Å². The van der Waals surface area contributed by atoms with E-state index in [0.717, 1.165) is 64.3 Å². The third kappa shape index (κ3) is 5.02. The third-order valence-corrected chi connectivity index (χ3v) is 16.7. The molecule has 0 radical (unpaired) electrons. The van der Waals surface area contributed by atoms with Crippen LogP contribution in [0.25, 0.3) is 0 Å². The lowest BCUT2D eigenvalue weighted by Gasteiger charge is -2.63. The second kappa shape index (κ2) is 11.8. The van der Waals surface area contributed by atoms with Gasteiger partial charge < -0.3 is 39.8 Å². The number of nitrogens with two attached hydrogens (primary N) is 1. The molecule has 9 nitrogen and oxygen atoms in total. The fourth-order valence-corrected chi connectivity index (χ4v) is 14.7. The lowest BCUT2D eigenvalue weighted by Crippen LogP contribution is -2.70. The molecule has 5 saturated carbocycles. The van der Waals surface area contributed by atoms with Crippen LogP contribution in [0.3, 0.4) is 0 Å². The average molecular weight is 688 g/mol. The normalized spacial score (nSPS) is 51.9. The van der Waals surface area contributed by atoms with Crippen molar-refractivity contribution in [1.29, 1.82) is 0 Å². The zero-order chi connectivity index (χ0) is 34.9. The average Bonchev–Trinajstić information content (AvgIpc) is 3.65. The number of nitrogens with zero attached hydrogens (tertiary/aromatic N) is 2. The van der Waals surface area contributed by atoms with Gasteiger partial charge in [0.15, 0.2) is 6.29 Å². The van der Waals surface area contributed by atoms with Gasteiger partial charge in [0.25, 0.3) is 0 Å². The molecule has 0 bridgehead atoms. The van der Waals surface area contributed by atoms with Gasteiger partial charge >= 0.3 is 0 Å². The van der Waals surface area contributed by atoms with Gasteiger partial charge in [0.1, 0.15) is 6.10 Å². The highest BCUT2D eigenvalue weighted by Crippen LogP contribution is 2.87. The molecule has 280 valence electrons. The summed E-state index contributed by atoms with van der Waals surface area (Å²) < 4.78 is 26.2. The molecule has 2 spiro atoms. The minimum atomic E-state index is -1.04. The summed E-state index contributed by atoms with van der Waals surface area (Å²) in [6, 6.07) is 0. The zero-order valence-electron chi connectivity index (χ0n) is 32.0. The monoisotopic (exact) mass is 688 g/mol. The van der Waals surface area contributed by atoms with E-state index in [1.165, 1.54) is 32.4 Å². The predicted octanol–water partition coefficient (Wildman–Crippen LogP) is 4.27. The Kier molecular flexibility index (Phi) is 8.60. The minimum absolute atomic E-state index is 0.0517. The van der Waals surface area contributed by atoms with E-state index < -0.39 is 23.3 Å². The van der Waals surface area contributed by atoms with E-state index in [0.29, 0.717) is 18.4 Å². The second-order valence-electron chi connectivity index (χ2n) is 20.0. The van der Waals surface area contributed by atoms with Crippen LogP contribution in [0.5, 0.6) is 0 Å². The Balaban J connectivity index is 0.997. The Morgan fingerprint density at radius 3 is 2.43 bits per heavy atom. The third-order valence-electron chi connectivity index (χ3n) is 16.7. The van der Waals surface area contributed by atoms with Crippen LogP contribution in [-0.2, 0) is 18.9 Å². The van der Waals surface area contributed by atoms with Crippen LogP contribution in [0.4, 0.5) is 0 Å². The second-order valence-corrected chi connectivity index (χ2v) is 20.0. The van der Waals surface area contributed by atoms with Crippen LogP contribution in [0.2, 0.25) is 0 Å². The van der Waals surface area contributed by atoms with Gasteiger partial charge in [-0.25, -0.2) is 0 Å². The van der Waals surface area contributed by atoms with E-state index in [4.69, 9.17) is 24.7 Å². The van der Waals surface area contributed by atoms with Gasteiger partial charge in [0, 0.05) is 39.3 Å². The highest BCUT2D eigenvalue weighted by atomic mass is 16.7. The molecule has 0 amide bonds. The van der Waals surface area contributed by atoms with Crippen molar-refractivity contribution in [1.82, 2.24) is 9.80 Å². The summed E-state index contributed by atoms with van der Waals surface area (Å²) in [6.07, 6.45) is 7.07. The predicted molar refractivity (Wildman–Crippen MR) is 189 cm³/mol. The zero-order valence-corrected chi connectivity index (χ0v) is 32.0. The Morgan fingerprint density at radius 2 is 1.73 bits per heavy atom. The minimum Gasteiger partial charge on any atom is -0.388 e. The van der Waals surface area contributed by atoms with E-state index in [-0.39, 0.29) is 58.1 Å². The molecule has 9 heteroatoms. The summed E-state index contributed by atoms with van der Waals surface area (Å²) >= 11 is 0. The number of aliphatic hydroxyl groups is 2. The highest BCUT2D eigenvalue weighted by Gasteiger charge is 2.85. The topological polar surface area (TPSA) is 110 Å². The number of fused-ring (bicyclic) bond motifs is 4. The molecule has 3 heterocycles. The first-order valence-electron chi connectivity index (χ1n) is 20.2. The SMILES string of the molecule is CCOC(C1CC(C)C2C(O1)C(O)C1(N)C3CCC4C(C)(C)C(OC5CN(CC6CN(C)C6)CCO5)CCC45CC35CCC21C)C(C)(C)O. The lowest BCUT2D eigenvalue weighted by atomic mass is 9.43. The fraction of sp³-hybridized carbons (Fsp3) is 1.00. The molecule has 8 rings (SSSR count).